The van der Waals surface area contributed by atoms with Crippen LogP contribution in [0.15, 0.2) is 77.7 Å². The predicted molar refractivity (Wildman–Crippen MR) is 120 cm³/mol. The molecule has 0 aliphatic rings. The van der Waals surface area contributed by atoms with Gasteiger partial charge in [-0.25, -0.2) is 17.5 Å². The molecule has 32 heavy (non-hydrogen) atoms. The Morgan fingerprint density at radius 2 is 1.72 bits per heavy atom. The van der Waals surface area contributed by atoms with E-state index in [9.17, 15) is 17.6 Å². The molecule has 0 heterocycles. The molecule has 0 aliphatic heterocycles. The minimum absolute atomic E-state index is 0.118. The van der Waals surface area contributed by atoms with Crippen LogP contribution in [0, 0.1) is 12.7 Å². The summed E-state index contributed by atoms with van der Waals surface area (Å²) < 4.78 is 46.3. The number of carbonyl (C=O) groups is 1. The molecule has 0 fully saturated rings. The lowest BCUT2D eigenvalue weighted by atomic mass is 10.1. The van der Waals surface area contributed by atoms with Gasteiger partial charge in [0.1, 0.15) is 11.6 Å². The zero-order chi connectivity index (χ0) is 23.1. The van der Waals surface area contributed by atoms with Gasteiger partial charge in [-0.05, 0) is 60.9 Å². The molecule has 0 bridgehead atoms. The van der Waals surface area contributed by atoms with Crippen LogP contribution in [0.2, 0.25) is 0 Å². The van der Waals surface area contributed by atoms with Crippen molar-refractivity contribution in [3.8, 4) is 5.75 Å². The maximum absolute atomic E-state index is 13.0. The highest BCUT2D eigenvalue weighted by Crippen LogP contribution is 2.22. The third kappa shape index (κ3) is 6.38. The SMILES string of the molecule is Cc1cc(S(=O)(=O)NCc2ccccc2)ccc1OCC(=O)N[C@@H](C)c1ccc(F)cc1. The Bertz CT molecular complexity index is 1170. The molecule has 3 aromatic rings. The number of nitrogens with one attached hydrogen (secondary N) is 2. The van der Waals surface area contributed by atoms with Crippen molar-refractivity contribution in [1.82, 2.24) is 10.0 Å². The standard InChI is InChI=1S/C24H25FN2O4S/c1-17-14-22(32(29,30)26-15-19-6-4-3-5-7-19)12-13-23(17)31-16-24(28)27-18(2)20-8-10-21(25)11-9-20/h3-14,18,26H,15-16H2,1-2H3,(H,27,28)/t18-/m0/s1. The third-order valence-electron chi connectivity index (χ3n) is 4.87. The first kappa shape index (κ1) is 23.4. The van der Waals surface area contributed by atoms with Crippen LogP contribution in [0.4, 0.5) is 4.39 Å². The van der Waals surface area contributed by atoms with E-state index in [1.54, 1.807) is 26.0 Å². The van der Waals surface area contributed by atoms with E-state index in [2.05, 4.69) is 10.0 Å². The van der Waals surface area contributed by atoms with Gasteiger partial charge < -0.3 is 10.1 Å². The van der Waals surface area contributed by atoms with Gasteiger partial charge in [-0.2, -0.15) is 0 Å². The van der Waals surface area contributed by atoms with Crippen LogP contribution < -0.4 is 14.8 Å². The van der Waals surface area contributed by atoms with Gasteiger partial charge in [-0.15, -0.1) is 0 Å². The average molecular weight is 457 g/mol. The summed E-state index contributed by atoms with van der Waals surface area (Å²) in [5.74, 6) is -0.272. The van der Waals surface area contributed by atoms with Crippen molar-refractivity contribution in [3.05, 3.63) is 95.3 Å². The fraction of sp³-hybridized carbons (Fsp3) is 0.208. The van der Waals surface area contributed by atoms with E-state index in [4.69, 9.17) is 4.74 Å². The van der Waals surface area contributed by atoms with Gasteiger partial charge in [0.25, 0.3) is 5.91 Å². The Morgan fingerprint density at radius 1 is 1.03 bits per heavy atom. The molecule has 6 nitrogen and oxygen atoms in total. The van der Waals surface area contributed by atoms with E-state index in [0.29, 0.717) is 11.3 Å². The first-order valence-corrected chi connectivity index (χ1v) is 11.5. The van der Waals surface area contributed by atoms with Crippen LogP contribution in [-0.2, 0) is 21.4 Å². The van der Waals surface area contributed by atoms with Crippen LogP contribution >= 0.6 is 0 Å². The summed E-state index contributed by atoms with van der Waals surface area (Å²) in [6.45, 7) is 3.46. The molecule has 1 amide bonds. The van der Waals surface area contributed by atoms with Crippen molar-refractivity contribution in [2.75, 3.05) is 6.61 Å². The highest BCUT2D eigenvalue weighted by molar-refractivity contribution is 7.89. The van der Waals surface area contributed by atoms with Crippen LogP contribution in [0.25, 0.3) is 0 Å². The van der Waals surface area contributed by atoms with E-state index in [1.165, 1.54) is 30.3 Å². The second-order valence-corrected chi connectivity index (χ2v) is 9.13. The van der Waals surface area contributed by atoms with Gasteiger partial charge in [0.2, 0.25) is 10.0 Å². The fourth-order valence-electron chi connectivity index (χ4n) is 3.07. The minimum atomic E-state index is -3.69. The van der Waals surface area contributed by atoms with E-state index in [-0.39, 0.29) is 35.8 Å². The number of hydrogen-bond acceptors (Lipinski definition) is 4. The molecule has 168 valence electrons. The van der Waals surface area contributed by atoms with Crippen LogP contribution in [0.5, 0.6) is 5.75 Å². The lowest BCUT2D eigenvalue weighted by Crippen LogP contribution is -2.31. The molecule has 0 aliphatic carbocycles. The van der Waals surface area contributed by atoms with Crippen LogP contribution in [-0.4, -0.2) is 20.9 Å². The molecule has 0 radical (unpaired) electrons. The largest absolute Gasteiger partial charge is 0.484 e. The summed E-state index contributed by atoms with van der Waals surface area (Å²) in [5, 5.41) is 2.78. The smallest absolute Gasteiger partial charge is 0.258 e. The van der Waals surface area contributed by atoms with Gasteiger partial charge in [0.05, 0.1) is 10.9 Å². The van der Waals surface area contributed by atoms with Gasteiger partial charge in [0.15, 0.2) is 6.61 Å². The Balaban J connectivity index is 1.56. The first-order chi connectivity index (χ1) is 15.2. The summed E-state index contributed by atoms with van der Waals surface area (Å²) in [5.41, 5.74) is 2.22. The zero-order valence-electron chi connectivity index (χ0n) is 17.8. The number of hydrogen-bond donors (Lipinski definition) is 2. The number of aryl methyl sites for hydroxylation is 1. The zero-order valence-corrected chi connectivity index (χ0v) is 18.7. The van der Waals surface area contributed by atoms with E-state index >= 15 is 0 Å². The lowest BCUT2D eigenvalue weighted by Gasteiger charge is -2.15. The number of halogens is 1. The Labute approximate surface area is 187 Å². The summed E-state index contributed by atoms with van der Waals surface area (Å²) in [6, 6.07) is 19.3. The molecule has 0 unspecified atom stereocenters. The maximum atomic E-state index is 13.0. The fourth-order valence-corrected chi connectivity index (χ4v) is 4.17. The number of carbonyl (C=O) groups excluding carboxylic acids is 1. The second-order valence-electron chi connectivity index (χ2n) is 7.37. The monoisotopic (exact) mass is 456 g/mol. The first-order valence-electron chi connectivity index (χ1n) is 10.1. The number of amides is 1. The molecule has 0 saturated carbocycles. The molecule has 0 spiro atoms. The average Bonchev–Trinajstić information content (AvgIpc) is 2.78. The summed E-state index contributed by atoms with van der Waals surface area (Å²) in [6.07, 6.45) is 0. The van der Waals surface area contributed by atoms with Crippen molar-refractivity contribution in [3.63, 3.8) is 0 Å². The van der Waals surface area contributed by atoms with Crippen molar-refractivity contribution in [1.29, 1.82) is 0 Å². The molecule has 3 aromatic carbocycles. The Kier molecular flexibility index (Phi) is 7.61. The van der Waals surface area contributed by atoms with Gasteiger partial charge in [-0.3, -0.25) is 4.79 Å². The molecule has 8 heteroatoms. The maximum Gasteiger partial charge on any atom is 0.258 e. The highest BCUT2D eigenvalue weighted by Gasteiger charge is 2.16. The molecular weight excluding hydrogens is 431 g/mol. The number of ether oxygens (including phenoxy) is 1. The van der Waals surface area contributed by atoms with Crippen molar-refractivity contribution in [2.24, 2.45) is 0 Å². The van der Waals surface area contributed by atoms with Crippen LogP contribution in [0.1, 0.15) is 29.7 Å². The Hall–Kier alpha value is -3.23. The highest BCUT2D eigenvalue weighted by atomic mass is 32.2. The third-order valence-corrected chi connectivity index (χ3v) is 6.27. The van der Waals surface area contributed by atoms with E-state index in [1.807, 2.05) is 30.3 Å². The summed E-state index contributed by atoms with van der Waals surface area (Å²) >= 11 is 0. The second kappa shape index (κ2) is 10.4. The van der Waals surface area contributed by atoms with Crippen molar-refractivity contribution >= 4 is 15.9 Å². The molecular formula is C24H25FN2O4S. The van der Waals surface area contributed by atoms with Crippen LogP contribution in [0.3, 0.4) is 0 Å². The van der Waals surface area contributed by atoms with Crippen molar-refractivity contribution < 1.29 is 22.3 Å². The molecule has 3 rings (SSSR count). The lowest BCUT2D eigenvalue weighted by molar-refractivity contribution is -0.123. The molecule has 0 aromatic heterocycles. The Morgan fingerprint density at radius 3 is 2.38 bits per heavy atom. The van der Waals surface area contributed by atoms with Crippen molar-refractivity contribution in [2.45, 2.75) is 31.3 Å². The van der Waals surface area contributed by atoms with Gasteiger partial charge in [0, 0.05) is 6.54 Å². The number of benzene rings is 3. The molecule has 2 N–H and O–H groups in total. The molecule has 1 atom stereocenters. The van der Waals surface area contributed by atoms with Gasteiger partial charge in [-0.1, -0.05) is 42.5 Å². The number of rotatable bonds is 9. The van der Waals surface area contributed by atoms with E-state index in [0.717, 1.165) is 11.1 Å². The molecule has 0 saturated heterocycles. The normalized spacial score (nSPS) is 12.2. The topological polar surface area (TPSA) is 84.5 Å². The summed E-state index contributed by atoms with van der Waals surface area (Å²) in [4.78, 5) is 12.3. The number of sulfonamides is 1. The quantitative estimate of drug-likeness (QED) is 0.512. The van der Waals surface area contributed by atoms with E-state index < -0.39 is 10.0 Å². The summed E-state index contributed by atoms with van der Waals surface area (Å²) in [7, 11) is -3.69. The van der Waals surface area contributed by atoms with Gasteiger partial charge >= 0.3 is 0 Å². The minimum Gasteiger partial charge on any atom is -0.484 e. The predicted octanol–water partition coefficient (Wildman–Crippen LogP) is 3.87.